The van der Waals surface area contributed by atoms with E-state index in [2.05, 4.69) is 20.8 Å². The van der Waals surface area contributed by atoms with Gasteiger partial charge in [0.15, 0.2) is 11.4 Å². The van der Waals surface area contributed by atoms with E-state index in [0.29, 0.717) is 11.1 Å². The number of aliphatic hydroxyl groups is 3. The second-order valence-electron chi connectivity index (χ2n) is 11.7. The van der Waals surface area contributed by atoms with Gasteiger partial charge in [-0.2, -0.15) is 0 Å². The highest BCUT2D eigenvalue weighted by Gasteiger charge is 2.60. The first kappa shape index (κ1) is 26.6. The summed E-state index contributed by atoms with van der Waals surface area (Å²) in [6.45, 7) is 6.29. The number of rotatable bonds is 3. The van der Waals surface area contributed by atoms with Gasteiger partial charge in [0.2, 0.25) is 5.78 Å². The molecule has 0 heterocycles. The molecule has 204 valence electrons. The number of phenols is 1. The van der Waals surface area contributed by atoms with E-state index in [4.69, 9.17) is 11.5 Å². The van der Waals surface area contributed by atoms with Crippen LogP contribution in [0, 0.1) is 11.8 Å². The van der Waals surface area contributed by atoms with E-state index in [9.17, 15) is 34.8 Å². The summed E-state index contributed by atoms with van der Waals surface area (Å²) < 4.78 is 0. The van der Waals surface area contributed by atoms with Crippen LogP contribution in [0.15, 0.2) is 47.2 Å². The van der Waals surface area contributed by atoms with Gasteiger partial charge in [-0.05, 0) is 52.5 Å². The van der Waals surface area contributed by atoms with Crippen molar-refractivity contribution in [1.82, 2.24) is 0 Å². The number of carbonyl (C=O) groups is 3. The van der Waals surface area contributed by atoms with Crippen LogP contribution in [0.5, 0.6) is 5.75 Å². The number of carbonyl (C=O) groups excluding carboxylic acids is 3. The van der Waals surface area contributed by atoms with E-state index in [-0.39, 0.29) is 48.1 Å². The molecule has 2 aromatic rings. The molecule has 1 fully saturated rings. The van der Waals surface area contributed by atoms with Gasteiger partial charge in [-0.25, -0.2) is 0 Å². The molecular formula is C30H32N2O7. The number of Topliss-reactive ketones (excluding diaryl/α,β-unsaturated/α-hetero) is 2. The van der Waals surface area contributed by atoms with Gasteiger partial charge in [0.1, 0.15) is 22.8 Å². The van der Waals surface area contributed by atoms with E-state index < -0.39 is 52.0 Å². The van der Waals surface area contributed by atoms with E-state index in [0.717, 1.165) is 16.7 Å². The molecule has 3 atom stereocenters. The molecular weight excluding hydrogens is 500 g/mol. The van der Waals surface area contributed by atoms with Gasteiger partial charge in [-0.1, -0.05) is 45.0 Å². The summed E-state index contributed by atoms with van der Waals surface area (Å²) in [6.07, 6.45) is -0.0612. The topological polar surface area (TPSA) is 184 Å². The fourth-order valence-corrected chi connectivity index (χ4v) is 6.31. The van der Waals surface area contributed by atoms with Crippen molar-refractivity contribution in [2.75, 3.05) is 0 Å². The Hall–Kier alpha value is -3.95. The van der Waals surface area contributed by atoms with Crippen molar-refractivity contribution in [2.24, 2.45) is 23.3 Å². The van der Waals surface area contributed by atoms with Crippen LogP contribution < -0.4 is 11.5 Å². The summed E-state index contributed by atoms with van der Waals surface area (Å²) in [6, 6.07) is 9.73. The van der Waals surface area contributed by atoms with E-state index in [1.165, 1.54) is 0 Å². The van der Waals surface area contributed by atoms with Crippen LogP contribution in [0.2, 0.25) is 0 Å². The predicted octanol–water partition coefficient (Wildman–Crippen LogP) is 2.85. The first-order chi connectivity index (χ1) is 18.2. The number of nitrogens with two attached hydrogens (primary N) is 2. The van der Waals surface area contributed by atoms with Crippen LogP contribution in [0.3, 0.4) is 0 Å². The standard InChI is InChI=1S/C30H32N2O7/c1-29(2,3)16-6-4-13(5-7-16)18-10-15(12-31)24(34)22-19(18)9-14-8-17-11-20(33)23(28(32)38)27(37)30(17,39)26(36)21(14)25(22)35/h4-7,10,14,17,34-35,37,39H,8-9,11-12,31H2,1-3H3,(H2,32,38). The first-order valence-corrected chi connectivity index (χ1v) is 12.9. The quantitative estimate of drug-likeness (QED) is 0.326. The molecule has 3 unspecified atom stereocenters. The van der Waals surface area contributed by atoms with Crippen molar-refractivity contribution < 1.29 is 34.8 Å². The molecule has 8 N–H and O–H groups in total. The van der Waals surface area contributed by atoms with Crippen LogP contribution in [-0.4, -0.2) is 43.5 Å². The Bertz CT molecular complexity index is 1510. The smallest absolute Gasteiger partial charge is 0.255 e. The molecule has 1 saturated carbocycles. The fraction of sp³-hybridized carbons (Fsp3) is 0.367. The van der Waals surface area contributed by atoms with Crippen LogP contribution in [-0.2, 0) is 32.8 Å². The monoisotopic (exact) mass is 532 g/mol. The Balaban J connectivity index is 1.71. The molecule has 5 rings (SSSR count). The summed E-state index contributed by atoms with van der Waals surface area (Å²) in [7, 11) is 0. The number of aromatic hydroxyl groups is 1. The third-order valence-electron chi connectivity index (χ3n) is 8.42. The molecule has 0 aliphatic heterocycles. The molecule has 9 heteroatoms. The molecule has 39 heavy (non-hydrogen) atoms. The van der Waals surface area contributed by atoms with Gasteiger partial charge in [-0.3, -0.25) is 14.4 Å². The summed E-state index contributed by atoms with van der Waals surface area (Å²) in [5, 5.41) is 44.7. The van der Waals surface area contributed by atoms with Crippen molar-refractivity contribution in [3.8, 4) is 16.9 Å². The lowest BCUT2D eigenvalue weighted by atomic mass is 9.59. The zero-order valence-electron chi connectivity index (χ0n) is 22.0. The molecule has 2 aromatic carbocycles. The summed E-state index contributed by atoms with van der Waals surface area (Å²) in [5.41, 5.74) is 11.2. The second-order valence-corrected chi connectivity index (χ2v) is 11.7. The summed E-state index contributed by atoms with van der Waals surface area (Å²) in [4.78, 5) is 38.1. The largest absolute Gasteiger partial charge is 0.508 e. The number of hydrogen-bond acceptors (Lipinski definition) is 8. The van der Waals surface area contributed by atoms with E-state index in [1.54, 1.807) is 6.07 Å². The second kappa shape index (κ2) is 8.79. The number of amides is 1. The maximum atomic E-state index is 13.7. The molecule has 0 spiro atoms. The average molecular weight is 533 g/mol. The Morgan fingerprint density at radius 3 is 2.28 bits per heavy atom. The van der Waals surface area contributed by atoms with Gasteiger partial charge in [-0.15, -0.1) is 0 Å². The van der Waals surface area contributed by atoms with Crippen LogP contribution in [0.1, 0.15) is 55.9 Å². The van der Waals surface area contributed by atoms with Gasteiger partial charge < -0.3 is 31.9 Å². The Kier molecular flexibility index (Phi) is 6.01. The van der Waals surface area contributed by atoms with Crippen molar-refractivity contribution >= 4 is 23.2 Å². The summed E-state index contributed by atoms with van der Waals surface area (Å²) in [5.74, 6) is -6.54. The highest BCUT2D eigenvalue weighted by Crippen LogP contribution is 2.53. The maximum Gasteiger partial charge on any atom is 0.255 e. The molecule has 0 bridgehead atoms. The van der Waals surface area contributed by atoms with Gasteiger partial charge in [0, 0.05) is 30.0 Å². The minimum absolute atomic E-state index is 0.0359. The SMILES string of the molecule is CC(C)(C)c1ccc(-c2cc(CN)c(O)c3c2CC2CC4CC(=O)C(C(N)=O)=C(O)C4(O)C(=O)C2=C3O)cc1. The highest BCUT2D eigenvalue weighted by molar-refractivity contribution is 6.22. The summed E-state index contributed by atoms with van der Waals surface area (Å²) >= 11 is 0. The average Bonchev–Trinajstić information content (AvgIpc) is 2.85. The van der Waals surface area contributed by atoms with Crippen molar-refractivity contribution in [2.45, 2.75) is 57.6 Å². The number of hydrogen-bond donors (Lipinski definition) is 6. The molecule has 0 radical (unpaired) electrons. The third kappa shape index (κ3) is 3.79. The van der Waals surface area contributed by atoms with Crippen LogP contribution in [0.4, 0.5) is 0 Å². The van der Waals surface area contributed by atoms with Gasteiger partial charge >= 0.3 is 0 Å². The van der Waals surface area contributed by atoms with Crippen LogP contribution >= 0.6 is 0 Å². The number of phenolic OH excluding ortho intramolecular Hbond substituents is 1. The van der Waals surface area contributed by atoms with Crippen LogP contribution in [0.25, 0.3) is 16.9 Å². The van der Waals surface area contributed by atoms with Gasteiger partial charge in [0.25, 0.3) is 5.91 Å². The normalized spacial score (nSPS) is 24.8. The predicted molar refractivity (Wildman–Crippen MR) is 143 cm³/mol. The van der Waals surface area contributed by atoms with Crippen molar-refractivity contribution in [3.63, 3.8) is 0 Å². The first-order valence-electron chi connectivity index (χ1n) is 12.9. The zero-order chi connectivity index (χ0) is 28.6. The molecule has 3 aliphatic rings. The minimum atomic E-state index is -2.59. The highest BCUT2D eigenvalue weighted by atomic mass is 16.3. The fourth-order valence-electron chi connectivity index (χ4n) is 6.31. The van der Waals surface area contributed by atoms with E-state index in [1.807, 2.05) is 24.3 Å². The van der Waals surface area contributed by atoms with Crippen molar-refractivity contribution in [3.05, 3.63) is 69.5 Å². The molecule has 0 aromatic heterocycles. The zero-order valence-corrected chi connectivity index (χ0v) is 22.0. The molecule has 1 amide bonds. The number of benzene rings is 2. The lowest BCUT2D eigenvalue weighted by Gasteiger charge is -2.46. The molecule has 9 nitrogen and oxygen atoms in total. The number of fused-ring (bicyclic) bond motifs is 3. The minimum Gasteiger partial charge on any atom is -0.508 e. The third-order valence-corrected chi connectivity index (χ3v) is 8.42. The number of aliphatic hydroxyl groups excluding tert-OH is 2. The Labute approximate surface area is 225 Å². The number of primary amides is 1. The lowest BCUT2D eigenvalue weighted by molar-refractivity contribution is -0.147. The molecule has 0 saturated heterocycles. The maximum absolute atomic E-state index is 13.7. The Morgan fingerprint density at radius 1 is 1.08 bits per heavy atom. The van der Waals surface area contributed by atoms with E-state index >= 15 is 0 Å². The number of ketones is 2. The van der Waals surface area contributed by atoms with Crippen molar-refractivity contribution in [1.29, 1.82) is 0 Å². The Morgan fingerprint density at radius 2 is 1.72 bits per heavy atom. The molecule has 3 aliphatic carbocycles. The lowest BCUT2D eigenvalue weighted by Crippen LogP contribution is -2.58. The van der Waals surface area contributed by atoms with Gasteiger partial charge in [0.05, 0.1) is 5.56 Å².